The summed E-state index contributed by atoms with van der Waals surface area (Å²) >= 11 is 12.6. The second-order valence-electron chi connectivity index (χ2n) is 8.41. The van der Waals surface area contributed by atoms with Gasteiger partial charge in [-0.2, -0.15) is 0 Å². The first-order chi connectivity index (χ1) is 15.1. The number of ether oxygens (including phenoxy) is 2. The van der Waals surface area contributed by atoms with Crippen LogP contribution in [0.1, 0.15) is 54.2 Å². The van der Waals surface area contributed by atoms with Crippen molar-refractivity contribution in [1.29, 1.82) is 0 Å². The molecular formula is C24H25Cl2N3O3. The number of nitrogens with zero attached hydrogens (tertiary/aromatic N) is 3. The highest BCUT2D eigenvalue weighted by Crippen LogP contribution is 2.29. The molecule has 168 valence electrons. The molecule has 0 N–H and O–H groups in total. The first-order valence-electron chi connectivity index (χ1n) is 10.2. The Morgan fingerprint density at radius 1 is 1.22 bits per heavy atom. The molecule has 0 unspecified atom stereocenters. The van der Waals surface area contributed by atoms with Crippen molar-refractivity contribution in [3.63, 3.8) is 0 Å². The molecule has 0 spiro atoms. The molecule has 0 atom stereocenters. The van der Waals surface area contributed by atoms with Crippen LogP contribution < -0.4 is 0 Å². The average Bonchev–Trinajstić information content (AvgIpc) is 3.10. The Morgan fingerprint density at radius 2 is 1.91 bits per heavy atom. The van der Waals surface area contributed by atoms with Gasteiger partial charge in [-0.15, -0.1) is 11.5 Å². The second kappa shape index (κ2) is 9.91. The third-order valence-electron chi connectivity index (χ3n) is 4.73. The maximum atomic E-state index is 12.3. The van der Waals surface area contributed by atoms with Crippen molar-refractivity contribution in [3.8, 4) is 12.3 Å². The molecule has 32 heavy (non-hydrogen) atoms. The molecule has 0 bridgehead atoms. The maximum absolute atomic E-state index is 12.3. The summed E-state index contributed by atoms with van der Waals surface area (Å²) in [5, 5.41) is 8.95. The van der Waals surface area contributed by atoms with Crippen molar-refractivity contribution < 1.29 is 14.3 Å². The minimum absolute atomic E-state index is 0.161. The number of esters is 1. The number of carbonyl (C=O) groups is 1. The summed E-state index contributed by atoms with van der Waals surface area (Å²) in [6.45, 7) is 8.78. The van der Waals surface area contributed by atoms with Gasteiger partial charge in [-0.3, -0.25) is 0 Å². The van der Waals surface area contributed by atoms with E-state index >= 15 is 0 Å². The fraction of sp³-hybridized carbons (Fsp3) is 0.375. The van der Waals surface area contributed by atoms with Crippen LogP contribution in [0.4, 0.5) is 0 Å². The number of fused-ring (bicyclic) bond motifs is 1. The lowest BCUT2D eigenvalue weighted by Gasteiger charge is -2.20. The monoisotopic (exact) mass is 473 g/mol. The highest BCUT2D eigenvalue weighted by molar-refractivity contribution is 6.39. The molecule has 8 heteroatoms. The van der Waals surface area contributed by atoms with Gasteiger partial charge in [-0.25, -0.2) is 9.48 Å². The van der Waals surface area contributed by atoms with Crippen LogP contribution in [0.5, 0.6) is 0 Å². The van der Waals surface area contributed by atoms with Crippen LogP contribution in [0.3, 0.4) is 0 Å². The molecule has 0 aliphatic rings. The van der Waals surface area contributed by atoms with Gasteiger partial charge < -0.3 is 9.47 Å². The maximum Gasteiger partial charge on any atom is 0.341 e. The first-order valence-corrected chi connectivity index (χ1v) is 10.9. The van der Waals surface area contributed by atoms with E-state index in [1.807, 2.05) is 23.7 Å². The molecule has 0 aliphatic carbocycles. The number of carbonyl (C=O) groups excluding carboxylic acids is 1. The van der Waals surface area contributed by atoms with E-state index in [1.54, 1.807) is 32.9 Å². The number of hydrogen-bond donors (Lipinski definition) is 0. The zero-order chi connectivity index (χ0) is 23.5. The lowest BCUT2D eigenvalue weighted by molar-refractivity contribution is 0.00698. The molecule has 0 fully saturated rings. The number of halogens is 2. The van der Waals surface area contributed by atoms with Crippen LogP contribution in [-0.2, 0) is 22.6 Å². The van der Waals surface area contributed by atoms with Crippen molar-refractivity contribution in [2.24, 2.45) is 0 Å². The number of aromatic nitrogens is 3. The van der Waals surface area contributed by atoms with Crippen LogP contribution in [0, 0.1) is 19.3 Å². The van der Waals surface area contributed by atoms with Crippen molar-refractivity contribution >= 4 is 40.2 Å². The smallest absolute Gasteiger partial charge is 0.341 e. The molecule has 3 aromatic rings. The Balaban J connectivity index is 1.55. The van der Waals surface area contributed by atoms with Gasteiger partial charge >= 0.3 is 5.97 Å². The number of terminal acetylenes is 1. The Morgan fingerprint density at radius 3 is 2.53 bits per heavy atom. The molecule has 0 aliphatic heterocycles. The molecule has 6 nitrogen and oxygen atoms in total. The number of rotatable bonds is 7. The summed E-state index contributed by atoms with van der Waals surface area (Å²) in [6.07, 6.45) is 6.26. The van der Waals surface area contributed by atoms with Crippen molar-refractivity contribution in [1.82, 2.24) is 15.0 Å². The summed E-state index contributed by atoms with van der Waals surface area (Å²) in [5.41, 5.74) is 3.83. The van der Waals surface area contributed by atoms with E-state index in [-0.39, 0.29) is 15.6 Å². The van der Waals surface area contributed by atoms with E-state index in [9.17, 15) is 4.79 Å². The van der Waals surface area contributed by atoms with Gasteiger partial charge in [-0.05, 0) is 69.5 Å². The third kappa shape index (κ3) is 5.60. The van der Waals surface area contributed by atoms with Gasteiger partial charge in [0.25, 0.3) is 0 Å². The van der Waals surface area contributed by atoms with Crippen LogP contribution >= 0.6 is 23.2 Å². The predicted octanol–water partition coefficient (Wildman–Crippen LogP) is 5.59. The van der Waals surface area contributed by atoms with E-state index in [4.69, 9.17) is 39.1 Å². The molecule has 1 heterocycles. The van der Waals surface area contributed by atoms with Crippen LogP contribution in [-0.4, -0.2) is 33.2 Å². The Labute approximate surface area is 197 Å². The summed E-state index contributed by atoms with van der Waals surface area (Å²) in [4.78, 5) is 12.3. The second-order valence-corrected chi connectivity index (χ2v) is 9.22. The minimum atomic E-state index is -0.636. The van der Waals surface area contributed by atoms with E-state index in [0.29, 0.717) is 19.8 Å². The highest BCUT2D eigenvalue weighted by atomic mass is 35.5. The van der Waals surface area contributed by atoms with Gasteiger partial charge in [0.2, 0.25) is 0 Å². The quantitative estimate of drug-likeness (QED) is 0.254. The van der Waals surface area contributed by atoms with E-state index in [2.05, 4.69) is 16.2 Å². The summed E-state index contributed by atoms with van der Waals surface area (Å²) in [7, 11) is 0. The number of hydrogen-bond acceptors (Lipinski definition) is 5. The molecule has 3 rings (SSSR count). The largest absolute Gasteiger partial charge is 0.456 e. The lowest BCUT2D eigenvalue weighted by Crippen LogP contribution is -2.24. The van der Waals surface area contributed by atoms with Crippen molar-refractivity contribution in [2.45, 2.75) is 52.9 Å². The fourth-order valence-corrected chi connectivity index (χ4v) is 3.91. The van der Waals surface area contributed by atoms with Gasteiger partial charge in [0.15, 0.2) is 0 Å². The standard InChI is InChI=1S/C24H25Cl2N3O3/c1-6-17-8-9-20-22(15(17)2)27-28-29(20)10-7-11-31-14-16-12-18(25)21(19(26)13-16)23(30)32-24(3,4)5/h1,8-9,12-13H,7,10-11,14H2,2-5H3. The van der Waals surface area contributed by atoms with E-state index in [0.717, 1.165) is 34.1 Å². The van der Waals surface area contributed by atoms with Crippen molar-refractivity contribution in [2.75, 3.05) is 6.61 Å². The van der Waals surface area contributed by atoms with Gasteiger partial charge in [-0.1, -0.05) is 34.3 Å². The topological polar surface area (TPSA) is 66.2 Å². The zero-order valence-electron chi connectivity index (χ0n) is 18.5. The third-order valence-corrected chi connectivity index (χ3v) is 5.32. The molecule has 0 amide bonds. The SMILES string of the molecule is C#Cc1ccc2c(nnn2CCCOCc2cc(Cl)c(C(=O)OC(C)(C)C)c(Cl)c2)c1C. The van der Waals surface area contributed by atoms with Gasteiger partial charge in [0.05, 0.1) is 27.7 Å². The van der Waals surface area contributed by atoms with Crippen LogP contribution in [0.15, 0.2) is 24.3 Å². The van der Waals surface area contributed by atoms with E-state index < -0.39 is 11.6 Å². The molecule has 0 saturated heterocycles. The summed E-state index contributed by atoms with van der Waals surface area (Å²) in [5.74, 6) is 2.11. The fourth-order valence-electron chi connectivity index (χ4n) is 3.23. The zero-order valence-corrected chi connectivity index (χ0v) is 20.0. The molecular weight excluding hydrogens is 449 g/mol. The molecule has 1 aromatic heterocycles. The van der Waals surface area contributed by atoms with Crippen molar-refractivity contribution in [3.05, 3.63) is 56.6 Å². The molecule has 0 saturated carbocycles. The van der Waals surface area contributed by atoms with Crippen LogP contribution in [0.2, 0.25) is 10.0 Å². The average molecular weight is 474 g/mol. The van der Waals surface area contributed by atoms with E-state index in [1.165, 1.54) is 0 Å². The summed E-state index contributed by atoms with van der Waals surface area (Å²) < 4.78 is 13.0. The Kier molecular flexibility index (Phi) is 7.45. The summed E-state index contributed by atoms with van der Waals surface area (Å²) in [6, 6.07) is 7.18. The predicted molar refractivity (Wildman–Crippen MR) is 126 cm³/mol. The lowest BCUT2D eigenvalue weighted by atomic mass is 10.1. The highest BCUT2D eigenvalue weighted by Gasteiger charge is 2.23. The van der Waals surface area contributed by atoms with Crippen LogP contribution in [0.25, 0.3) is 11.0 Å². The molecule has 2 aromatic carbocycles. The number of aryl methyl sites for hydroxylation is 2. The molecule has 0 radical (unpaired) electrons. The van der Waals surface area contributed by atoms with Gasteiger partial charge in [0.1, 0.15) is 11.1 Å². The Hall–Kier alpha value is -2.59. The number of benzene rings is 2. The first kappa shape index (κ1) is 24.1. The minimum Gasteiger partial charge on any atom is -0.456 e. The normalized spacial score (nSPS) is 11.5. The Bertz CT molecular complexity index is 1170. The van der Waals surface area contributed by atoms with Gasteiger partial charge in [0, 0.05) is 18.7 Å².